The molecule has 24 heavy (non-hydrogen) atoms. The zero-order chi connectivity index (χ0) is 17.9. The Kier molecular flexibility index (Phi) is 3.72. The zero-order valence-corrected chi connectivity index (χ0v) is 15.2. The Morgan fingerprint density at radius 1 is 1.29 bits per heavy atom. The summed E-state index contributed by atoms with van der Waals surface area (Å²) >= 11 is 5.29. The molecule has 2 unspecified atom stereocenters. The van der Waals surface area contributed by atoms with Crippen molar-refractivity contribution < 1.29 is 14.5 Å². The van der Waals surface area contributed by atoms with E-state index in [2.05, 4.69) is 10.3 Å². The van der Waals surface area contributed by atoms with E-state index < -0.39 is 17.7 Å². The number of hydrogen-bond donors (Lipinski definition) is 2. The van der Waals surface area contributed by atoms with E-state index in [-0.39, 0.29) is 10.7 Å². The van der Waals surface area contributed by atoms with Gasteiger partial charge in [0.05, 0.1) is 6.04 Å². The van der Waals surface area contributed by atoms with E-state index in [9.17, 15) is 5.11 Å². The Balaban J connectivity index is 2.25. The summed E-state index contributed by atoms with van der Waals surface area (Å²) in [5.41, 5.74) is 6.74. The van der Waals surface area contributed by atoms with Crippen LogP contribution in [0.1, 0.15) is 46.2 Å². The van der Waals surface area contributed by atoms with Gasteiger partial charge in [-0.15, -0.1) is 0 Å². The van der Waals surface area contributed by atoms with Crippen LogP contribution in [-0.2, 0) is 0 Å². The molecule has 130 valence electrons. The summed E-state index contributed by atoms with van der Waals surface area (Å²) in [6, 6.07) is 3.10. The van der Waals surface area contributed by atoms with Crippen LogP contribution >= 0.6 is 12.2 Å². The molecule has 3 N–H and O–H groups in total. The zero-order valence-electron chi connectivity index (χ0n) is 14.4. The van der Waals surface area contributed by atoms with E-state index in [0.717, 1.165) is 5.56 Å². The van der Waals surface area contributed by atoms with E-state index in [0.29, 0.717) is 16.8 Å². The van der Waals surface area contributed by atoms with Gasteiger partial charge in [0.2, 0.25) is 0 Å². The fourth-order valence-electron chi connectivity index (χ4n) is 3.21. The van der Waals surface area contributed by atoms with Gasteiger partial charge in [-0.3, -0.25) is 0 Å². The molecule has 8 heteroatoms. The highest BCUT2D eigenvalue weighted by atomic mass is 32.1. The number of thiocarbonyl (C=S) groups is 1. The minimum Gasteiger partial charge on any atom is -0.485 e. The van der Waals surface area contributed by atoms with Gasteiger partial charge in [-0.25, -0.2) is 4.63 Å². The first-order valence-electron chi connectivity index (χ1n) is 7.74. The third-order valence-electron chi connectivity index (χ3n) is 4.33. The highest BCUT2D eigenvalue weighted by molar-refractivity contribution is 7.80. The Bertz CT molecular complexity index is 796. The lowest BCUT2D eigenvalue weighted by atomic mass is 9.83. The number of fused-ring (bicyclic) bond motifs is 2. The molecule has 0 radical (unpaired) electrons. The molecule has 0 saturated carbocycles. The first-order valence-corrected chi connectivity index (χ1v) is 8.15. The number of aliphatic hydroxyl groups is 1. The summed E-state index contributed by atoms with van der Waals surface area (Å²) in [6.45, 7) is 9.66. The van der Waals surface area contributed by atoms with Crippen molar-refractivity contribution in [1.82, 2.24) is 15.2 Å². The summed E-state index contributed by atoms with van der Waals surface area (Å²) in [6.07, 6.45) is -0.844. The monoisotopic (exact) mass is 350 g/mol. The highest BCUT2D eigenvalue weighted by Crippen LogP contribution is 2.45. The third-order valence-corrected chi connectivity index (χ3v) is 4.52. The number of aromatic nitrogens is 2. The van der Waals surface area contributed by atoms with Crippen LogP contribution in [0.4, 0.5) is 0 Å². The van der Waals surface area contributed by atoms with Gasteiger partial charge < -0.3 is 20.5 Å². The Hall–Kier alpha value is -1.93. The third kappa shape index (κ3) is 2.59. The van der Waals surface area contributed by atoms with Crippen LogP contribution < -0.4 is 10.5 Å². The second-order valence-electron chi connectivity index (χ2n) is 7.62. The minimum atomic E-state index is -0.844. The van der Waals surface area contributed by atoms with Gasteiger partial charge in [0.1, 0.15) is 28.5 Å². The molecule has 1 aliphatic rings. The lowest BCUT2D eigenvalue weighted by Gasteiger charge is -2.50. The number of benzene rings is 1. The van der Waals surface area contributed by atoms with Crippen molar-refractivity contribution >= 4 is 28.4 Å². The van der Waals surface area contributed by atoms with Crippen LogP contribution in [0, 0.1) is 0 Å². The molecule has 3 rings (SSSR count). The van der Waals surface area contributed by atoms with Crippen molar-refractivity contribution in [2.45, 2.75) is 57.9 Å². The normalized spacial score (nSPS) is 22.8. The number of nitrogens with zero attached hydrogens (tertiary/aromatic N) is 3. The number of nitrogens with two attached hydrogens (primary N) is 1. The molecule has 1 aromatic carbocycles. The molecular weight excluding hydrogens is 328 g/mol. The topological polar surface area (TPSA) is 97.6 Å². The van der Waals surface area contributed by atoms with E-state index >= 15 is 0 Å². The van der Waals surface area contributed by atoms with Crippen LogP contribution in [0.5, 0.6) is 5.75 Å². The average Bonchev–Trinajstić information content (AvgIpc) is 2.86. The first kappa shape index (κ1) is 16.9. The molecule has 2 heterocycles. The Morgan fingerprint density at radius 3 is 2.42 bits per heavy atom. The predicted octanol–water partition coefficient (Wildman–Crippen LogP) is 2.14. The molecule has 7 nitrogen and oxygen atoms in total. The van der Waals surface area contributed by atoms with Crippen molar-refractivity contribution in [2.75, 3.05) is 0 Å². The number of aliphatic hydroxyl groups excluding tert-OH is 1. The summed E-state index contributed by atoms with van der Waals surface area (Å²) < 4.78 is 10.8. The summed E-state index contributed by atoms with van der Waals surface area (Å²) in [5, 5.41) is 19.0. The van der Waals surface area contributed by atoms with Gasteiger partial charge in [0.25, 0.3) is 0 Å². The molecule has 0 spiro atoms. The summed E-state index contributed by atoms with van der Waals surface area (Å²) in [7, 11) is 0. The van der Waals surface area contributed by atoms with Crippen LogP contribution in [0.25, 0.3) is 11.0 Å². The summed E-state index contributed by atoms with van der Waals surface area (Å²) in [4.78, 5) is 1.84. The SMILES string of the molecule is CC1(C)Oc2cc3nonc3cc2C(N(C(N)=S)C(C)(C)C)C1O. The van der Waals surface area contributed by atoms with E-state index in [1.165, 1.54) is 0 Å². The molecule has 1 aromatic heterocycles. The van der Waals surface area contributed by atoms with Crippen molar-refractivity contribution in [1.29, 1.82) is 0 Å². The molecular formula is C16H22N4O3S. The maximum Gasteiger partial charge on any atom is 0.167 e. The van der Waals surface area contributed by atoms with Crippen LogP contribution in [0.3, 0.4) is 0 Å². The molecule has 0 bridgehead atoms. The maximum atomic E-state index is 11.0. The highest BCUT2D eigenvalue weighted by Gasteiger charge is 2.48. The maximum absolute atomic E-state index is 11.0. The summed E-state index contributed by atoms with van der Waals surface area (Å²) in [5.74, 6) is 0.615. The van der Waals surface area contributed by atoms with Crippen LogP contribution in [-0.4, -0.2) is 42.7 Å². The fraction of sp³-hybridized carbons (Fsp3) is 0.562. The van der Waals surface area contributed by atoms with E-state index in [4.69, 9.17) is 27.3 Å². The molecule has 1 aliphatic heterocycles. The van der Waals surface area contributed by atoms with Crippen LogP contribution in [0.15, 0.2) is 16.8 Å². The van der Waals surface area contributed by atoms with Gasteiger partial charge in [-0.05, 0) is 63.2 Å². The number of rotatable bonds is 1. The van der Waals surface area contributed by atoms with Crippen molar-refractivity contribution in [3.8, 4) is 5.75 Å². The second-order valence-corrected chi connectivity index (χ2v) is 8.04. The lowest BCUT2D eigenvalue weighted by molar-refractivity contribution is -0.0919. The standard InChI is InChI=1S/C16H22N4O3S/c1-15(2,3)20(14(17)24)12-8-6-9-10(19-23-18-9)7-11(8)22-16(4,5)13(12)21/h6-7,12-13,21H,1-5H3,(H2,17,24). The molecule has 0 saturated heterocycles. The van der Waals surface area contributed by atoms with Gasteiger partial charge in [0.15, 0.2) is 5.11 Å². The van der Waals surface area contributed by atoms with E-state index in [1.54, 1.807) is 12.1 Å². The molecule has 2 atom stereocenters. The van der Waals surface area contributed by atoms with Crippen LogP contribution in [0.2, 0.25) is 0 Å². The van der Waals surface area contributed by atoms with Crippen molar-refractivity contribution in [3.63, 3.8) is 0 Å². The quantitative estimate of drug-likeness (QED) is 0.755. The minimum absolute atomic E-state index is 0.216. The van der Waals surface area contributed by atoms with Gasteiger partial charge in [-0.1, -0.05) is 0 Å². The first-order chi connectivity index (χ1) is 11.0. The molecule has 2 aromatic rings. The lowest BCUT2D eigenvalue weighted by Crippen LogP contribution is -2.59. The number of ether oxygens (including phenoxy) is 1. The van der Waals surface area contributed by atoms with Crippen molar-refractivity contribution in [2.24, 2.45) is 5.73 Å². The largest absolute Gasteiger partial charge is 0.485 e. The Labute approximate surface area is 145 Å². The average molecular weight is 350 g/mol. The van der Waals surface area contributed by atoms with Gasteiger partial charge in [0, 0.05) is 17.2 Å². The number of hydrogen-bond acceptors (Lipinski definition) is 6. The predicted molar refractivity (Wildman–Crippen MR) is 93.6 cm³/mol. The fourth-order valence-corrected chi connectivity index (χ4v) is 3.59. The molecule has 0 aliphatic carbocycles. The van der Waals surface area contributed by atoms with Gasteiger partial charge in [-0.2, -0.15) is 0 Å². The smallest absolute Gasteiger partial charge is 0.167 e. The Morgan fingerprint density at radius 2 is 1.88 bits per heavy atom. The second kappa shape index (κ2) is 5.29. The van der Waals surface area contributed by atoms with E-state index in [1.807, 2.05) is 39.5 Å². The molecule has 0 amide bonds. The van der Waals surface area contributed by atoms with Crippen molar-refractivity contribution in [3.05, 3.63) is 17.7 Å². The molecule has 0 fully saturated rings. The van der Waals surface area contributed by atoms with Gasteiger partial charge >= 0.3 is 0 Å².